The van der Waals surface area contributed by atoms with Crippen LogP contribution in [0, 0.1) is 0 Å². The second kappa shape index (κ2) is 6.34. The lowest BCUT2D eigenvalue weighted by Gasteiger charge is -2.32. The predicted octanol–water partition coefficient (Wildman–Crippen LogP) is -4.56. The number of hydrogen-bond acceptors (Lipinski definition) is 3. The highest BCUT2D eigenvalue weighted by Crippen LogP contribution is 2.37. The Morgan fingerprint density at radius 3 is 1.48 bits per heavy atom. The first-order chi connectivity index (χ1) is 13.3. The summed E-state index contributed by atoms with van der Waals surface area (Å²) in [6.07, 6.45) is 0. The Morgan fingerprint density at radius 1 is 0.552 bits per heavy atom. The van der Waals surface area contributed by atoms with Crippen LogP contribution in [0.1, 0.15) is 27.7 Å². The molecule has 1 aromatic heterocycles. The van der Waals surface area contributed by atoms with E-state index in [9.17, 15) is 0 Å². The van der Waals surface area contributed by atoms with Crippen LogP contribution in [0.4, 0.5) is 0 Å². The highest BCUT2D eigenvalue weighted by Gasteiger charge is 2.53. The van der Waals surface area contributed by atoms with E-state index in [2.05, 4.69) is 0 Å². The molecule has 29 heavy (non-hydrogen) atoms. The fourth-order valence-electron chi connectivity index (χ4n) is 3.61. The molecule has 0 amide bonds. The maximum atomic E-state index is 6.33. The van der Waals surface area contributed by atoms with Crippen LogP contribution in [0.2, 0.25) is 0 Å². The quantitative estimate of drug-likeness (QED) is 0.409. The molecular weight excluding hydrogens is 351 g/mol. The van der Waals surface area contributed by atoms with Gasteiger partial charge < -0.3 is 13.7 Å². The molecule has 0 N–H and O–H groups in total. The van der Waals surface area contributed by atoms with Crippen LogP contribution in [-0.2, 0) is 9.31 Å². The molecule has 1 aliphatic heterocycles. The van der Waals surface area contributed by atoms with Gasteiger partial charge in [-0.25, -0.2) is 0 Å². The maximum Gasteiger partial charge on any atom is 0.498 e. The van der Waals surface area contributed by atoms with Gasteiger partial charge in [-0.15, -0.1) is 21.9 Å². The second-order valence-electron chi connectivity index (χ2n) is 8.41. The number of furan rings is 1. The normalized spacial score (nSPS) is 18.1. The van der Waals surface area contributed by atoms with E-state index in [0.717, 1.165) is 0 Å². The highest BCUT2D eigenvalue weighted by atomic mass is 16.7. The number of rotatable bonds is 1. The summed E-state index contributed by atoms with van der Waals surface area (Å²) in [6.45, 7) is 7.71. The summed E-state index contributed by atoms with van der Waals surface area (Å²) in [4.78, 5) is 0. The standard InChI is InChI=1S/C18H12B8O3/c1-17(2)18(3,4)29-26(28-17)14-12(24)10(22)8(20)6-5-7(19)9(21)11(23)13(25)15(5)27-16(6)14/h1-4H3. The van der Waals surface area contributed by atoms with Gasteiger partial charge in [-0.05, 0) is 27.7 Å². The van der Waals surface area contributed by atoms with Gasteiger partial charge in [-0.1, -0.05) is 16.4 Å². The second-order valence-corrected chi connectivity index (χ2v) is 8.41. The van der Waals surface area contributed by atoms with Crippen molar-refractivity contribution >= 4 is 128 Å². The van der Waals surface area contributed by atoms with Gasteiger partial charge in [0.05, 0.1) is 11.2 Å². The minimum Gasteiger partial charge on any atom is -0.457 e. The van der Waals surface area contributed by atoms with Crippen LogP contribution in [0.25, 0.3) is 21.9 Å². The molecule has 1 fully saturated rings. The molecule has 126 valence electrons. The van der Waals surface area contributed by atoms with Crippen molar-refractivity contribution in [1.29, 1.82) is 0 Å². The first-order valence-electron chi connectivity index (χ1n) is 9.10. The van der Waals surface area contributed by atoms with Crippen molar-refractivity contribution in [3.05, 3.63) is 0 Å². The Kier molecular flexibility index (Phi) is 4.58. The van der Waals surface area contributed by atoms with Crippen molar-refractivity contribution < 1.29 is 13.7 Å². The third-order valence-corrected chi connectivity index (χ3v) is 6.17. The molecule has 2 aromatic carbocycles. The first-order valence-corrected chi connectivity index (χ1v) is 9.10. The Morgan fingerprint density at radius 2 is 0.966 bits per heavy atom. The zero-order valence-electron chi connectivity index (χ0n) is 16.8. The minimum atomic E-state index is -0.844. The molecule has 14 radical (unpaired) electrons. The third kappa shape index (κ3) is 2.69. The molecule has 3 aromatic rings. The van der Waals surface area contributed by atoms with Crippen molar-refractivity contribution in [2.24, 2.45) is 0 Å². The summed E-state index contributed by atoms with van der Waals surface area (Å²) >= 11 is 0. The first kappa shape index (κ1) is 20.9. The van der Waals surface area contributed by atoms with Gasteiger partial charge >= 0.3 is 7.12 Å². The predicted molar refractivity (Wildman–Crippen MR) is 127 cm³/mol. The molecular formula is C18H12B8O3. The Labute approximate surface area is 180 Å². The Bertz CT molecular complexity index is 1180. The van der Waals surface area contributed by atoms with E-state index in [1.54, 1.807) is 0 Å². The van der Waals surface area contributed by atoms with Crippen molar-refractivity contribution in [3.63, 3.8) is 0 Å². The average Bonchev–Trinajstić information content (AvgIpc) is 3.11. The van der Waals surface area contributed by atoms with Gasteiger partial charge in [0.15, 0.2) is 0 Å². The van der Waals surface area contributed by atoms with E-state index in [1.165, 1.54) is 0 Å². The van der Waals surface area contributed by atoms with E-state index in [0.29, 0.717) is 21.8 Å². The van der Waals surface area contributed by atoms with E-state index < -0.39 is 18.3 Å². The Balaban J connectivity index is 2.15. The van der Waals surface area contributed by atoms with Gasteiger partial charge in [0.2, 0.25) is 0 Å². The summed E-state index contributed by atoms with van der Waals surface area (Å²) < 4.78 is 18.4. The van der Waals surface area contributed by atoms with Crippen LogP contribution < -0.4 is 43.7 Å². The van der Waals surface area contributed by atoms with Crippen molar-refractivity contribution in [1.82, 2.24) is 0 Å². The van der Waals surface area contributed by atoms with Crippen LogP contribution >= 0.6 is 0 Å². The van der Waals surface area contributed by atoms with E-state index in [4.69, 9.17) is 68.6 Å². The van der Waals surface area contributed by atoms with Crippen LogP contribution in [-0.4, -0.2) is 73.2 Å². The number of benzene rings is 2. The summed E-state index contributed by atoms with van der Waals surface area (Å²) in [5.41, 5.74) is 0.950. The zero-order chi connectivity index (χ0) is 21.6. The zero-order valence-corrected chi connectivity index (χ0v) is 16.8. The lowest BCUT2D eigenvalue weighted by Crippen LogP contribution is -2.54. The van der Waals surface area contributed by atoms with Gasteiger partial charge in [-0.2, -0.15) is 0 Å². The molecule has 0 unspecified atom stereocenters. The monoisotopic (exact) mass is 364 g/mol. The van der Waals surface area contributed by atoms with E-state index in [1.807, 2.05) is 27.7 Å². The lowest BCUT2D eigenvalue weighted by molar-refractivity contribution is 0.00578. The van der Waals surface area contributed by atoms with Gasteiger partial charge in [0.1, 0.15) is 66.1 Å². The van der Waals surface area contributed by atoms with Crippen molar-refractivity contribution in [3.8, 4) is 0 Å². The van der Waals surface area contributed by atoms with Gasteiger partial charge in [0, 0.05) is 16.2 Å². The summed E-state index contributed by atoms with van der Waals surface area (Å²) in [5.74, 6) is 0. The largest absolute Gasteiger partial charge is 0.498 e. The lowest BCUT2D eigenvalue weighted by atomic mass is 9.60. The topological polar surface area (TPSA) is 31.6 Å². The summed E-state index contributed by atoms with van der Waals surface area (Å²) in [6, 6.07) is 0. The molecule has 2 heterocycles. The molecule has 0 spiro atoms. The molecule has 1 aliphatic rings. The van der Waals surface area contributed by atoms with Crippen molar-refractivity contribution in [2.45, 2.75) is 38.9 Å². The molecule has 0 saturated carbocycles. The fourth-order valence-corrected chi connectivity index (χ4v) is 3.61. The molecule has 11 heteroatoms. The summed E-state index contributed by atoms with van der Waals surface area (Å²) in [5, 5.41) is 0.860. The molecule has 3 nitrogen and oxygen atoms in total. The molecule has 4 rings (SSSR count). The summed E-state index contributed by atoms with van der Waals surface area (Å²) in [7, 11) is 42.4. The fraction of sp³-hybridized carbons (Fsp3) is 0.333. The average molecular weight is 363 g/mol. The van der Waals surface area contributed by atoms with Crippen LogP contribution in [0.3, 0.4) is 0 Å². The van der Waals surface area contributed by atoms with Crippen molar-refractivity contribution in [2.75, 3.05) is 0 Å². The SMILES string of the molecule is [B]c1c([B])c([B])c2c(oc3c(B4OC(C)(C)C(C)(C)O4)c([B])c([B])c([B])c32)c1[B]. The molecule has 1 saturated heterocycles. The van der Waals surface area contributed by atoms with Gasteiger partial charge in [-0.3, -0.25) is 0 Å². The third-order valence-electron chi connectivity index (χ3n) is 6.17. The van der Waals surface area contributed by atoms with Crippen LogP contribution in [0.5, 0.6) is 0 Å². The molecule has 0 bridgehead atoms. The minimum absolute atomic E-state index is 0.130. The van der Waals surface area contributed by atoms with E-state index >= 15 is 0 Å². The highest BCUT2D eigenvalue weighted by molar-refractivity contribution is 6.76. The smallest absolute Gasteiger partial charge is 0.457 e. The molecule has 0 aliphatic carbocycles. The maximum absolute atomic E-state index is 6.33. The molecule has 0 atom stereocenters. The van der Waals surface area contributed by atoms with E-state index in [-0.39, 0.29) is 43.8 Å². The number of fused-ring (bicyclic) bond motifs is 3. The number of hydrogen-bond donors (Lipinski definition) is 0. The van der Waals surface area contributed by atoms with Gasteiger partial charge in [0.25, 0.3) is 0 Å². The van der Waals surface area contributed by atoms with Crippen LogP contribution in [0.15, 0.2) is 4.42 Å². The Hall–Kier alpha value is -1.32.